The molecule has 1 amide bonds. The predicted octanol–water partition coefficient (Wildman–Crippen LogP) is 4.20. The highest BCUT2D eigenvalue weighted by atomic mass is 32.2. The van der Waals surface area contributed by atoms with E-state index in [0.29, 0.717) is 0 Å². The summed E-state index contributed by atoms with van der Waals surface area (Å²) in [6, 6.07) is 7.79. The van der Waals surface area contributed by atoms with E-state index in [-0.39, 0.29) is 5.91 Å². The molecule has 110 valence electrons. The first kappa shape index (κ1) is 15.8. The number of thioether (sulfide) groups is 2. The molecule has 0 aromatic heterocycles. The van der Waals surface area contributed by atoms with Gasteiger partial charge in [0.05, 0.1) is 5.56 Å². The van der Waals surface area contributed by atoms with Crippen molar-refractivity contribution in [3.05, 3.63) is 29.8 Å². The van der Waals surface area contributed by atoms with Gasteiger partial charge in [0.15, 0.2) is 0 Å². The lowest BCUT2D eigenvalue weighted by Gasteiger charge is -2.20. The zero-order valence-electron chi connectivity index (χ0n) is 12.1. The molecule has 0 aliphatic heterocycles. The lowest BCUT2D eigenvalue weighted by molar-refractivity contribution is 0.0953. The van der Waals surface area contributed by atoms with Crippen LogP contribution in [0.4, 0.5) is 0 Å². The number of amides is 1. The fourth-order valence-corrected chi connectivity index (χ4v) is 4.36. The summed E-state index contributed by atoms with van der Waals surface area (Å²) in [6.45, 7) is 0.767. The smallest absolute Gasteiger partial charge is 0.252 e. The minimum absolute atomic E-state index is 0.0548. The molecule has 1 aromatic carbocycles. The number of hydrogen-bond donors (Lipinski definition) is 1. The summed E-state index contributed by atoms with van der Waals surface area (Å²) < 4.78 is 0. The van der Waals surface area contributed by atoms with Crippen molar-refractivity contribution < 1.29 is 4.79 Å². The summed E-state index contributed by atoms with van der Waals surface area (Å²) in [6.07, 6.45) is 8.88. The number of hydrogen-bond acceptors (Lipinski definition) is 3. The second-order valence-electron chi connectivity index (χ2n) is 5.09. The van der Waals surface area contributed by atoms with Crippen molar-refractivity contribution in [2.75, 3.05) is 18.6 Å². The SMILES string of the molecule is CSc1ccccc1C(=O)NCCSC1CCCCC1. The molecule has 1 saturated carbocycles. The third-order valence-corrected chi connectivity index (χ3v) is 5.82. The molecule has 1 aliphatic rings. The highest BCUT2D eigenvalue weighted by Crippen LogP contribution is 2.27. The molecule has 4 heteroatoms. The maximum absolute atomic E-state index is 12.1. The average Bonchev–Trinajstić information content (AvgIpc) is 2.52. The standard InChI is InChI=1S/C16H23NOS2/c1-19-15-10-6-5-9-14(15)16(18)17-11-12-20-13-7-3-2-4-8-13/h5-6,9-10,13H,2-4,7-8,11-12H2,1H3,(H,17,18). The molecular weight excluding hydrogens is 286 g/mol. The van der Waals surface area contributed by atoms with Gasteiger partial charge in [-0.25, -0.2) is 0 Å². The van der Waals surface area contributed by atoms with Gasteiger partial charge in [-0.1, -0.05) is 31.4 Å². The molecular formula is C16H23NOS2. The Morgan fingerprint density at radius 2 is 2.00 bits per heavy atom. The molecule has 1 N–H and O–H groups in total. The maximum atomic E-state index is 12.1. The molecule has 2 rings (SSSR count). The third-order valence-electron chi connectivity index (χ3n) is 3.64. The minimum Gasteiger partial charge on any atom is -0.351 e. The van der Waals surface area contributed by atoms with Crippen LogP contribution in [0.25, 0.3) is 0 Å². The van der Waals surface area contributed by atoms with Crippen LogP contribution in [0.5, 0.6) is 0 Å². The first-order chi connectivity index (χ1) is 9.81. The lowest BCUT2D eigenvalue weighted by atomic mass is 10.0. The summed E-state index contributed by atoms with van der Waals surface area (Å²) in [5.74, 6) is 1.08. The van der Waals surface area contributed by atoms with E-state index in [1.54, 1.807) is 11.8 Å². The molecule has 0 atom stereocenters. The normalized spacial score (nSPS) is 16.1. The number of carbonyl (C=O) groups is 1. The average molecular weight is 310 g/mol. The van der Waals surface area contributed by atoms with E-state index in [1.165, 1.54) is 32.1 Å². The number of rotatable bonds is 6. The van der Waals surface area contributed by atoms with Crippen molar-refractivity contribution in [2.45, 2.75) is 42.2 Å². The van der Waals surface area contributed by atoms with Crippen LogP contribution in [0.3, 0.4) is 0 Å². The molecule has 0 radical (unpaired) electrons. The Bertz CT molecular complexity index is 430. The van der Waals surface area contributed by atoms with E-state index in [2.05, 4.69) is 5.32 Å². The third kappa shape index (κ3) is 4.74. The summed E-state index contributed by atoms with van der Waals surface area (Å²) in [5, 5.41) is 3.86. The van der Waals surface area contributed by atoms with E-state index in [4.69, 9.17) is 0 Å². The van der Waals surface area contributed by atoms with Gasteiger partial charge < -0.3 is 5.32 Å². The van der Waals surface area contributed by atoms with Gasteiger partial charge in [0, 0.05) is 22.4 Å². The molecule has 0 bridgehead atoms. The largest absolute Gasteiger partial charge is 0.351 e. The van der Waals surface area contributed by atoms with Gasteiger partial charge in [0.1, 0.15) is 0 Å². The van der Waals surface area contributed by atoms with Crippen LogP contribution < -0.4 is 5.32 Å². The van der Waals surface area contributed by atoms with Gasteiger partial charge in [-0.2, -0.15) is 11.8 Å². The highest BCUT2D eigenvalue weighted by Gasteiger charge is 2.14. The van der Waals surface area contributed by atoms with Gasteiger partial charge in [-0.15, -0.1) is 11.8 Å². The van der Waals surface area contributed by atoms with Gasteiger partial charge in [0.2, 0.25) is 0 Å². The van der Waals surface area contributed by atoms with Crippen LogP contribution in [0.2, 0.25) is 0 Å². The van der Waals surface area contributed by atoms with Crippen molar-refractivity contribution in [1.29, 1.82) is 0 Å². The Morgan fingerprint density at radius 3 is 2.75 bits per heavy atom. The second kappa shape index (κ2) is 8.63. The van der Waals surface area contributed by atoms with Crippen LogP contribution in [-0.4, -0.2) is 29.7 Å². The van der Waals surface area contributed by atoms with Crippen LogP contribution in [0.15, 0.2) is 29.2 Å². The quantitative estimate of drug-likeness (QED) is 0.630. The van der Waals surface area contributed by atoms with Gasteiger partial charge in [-0.05, 0) is 31.2 Å². The van der Waals surface area contributed by atoms with E-state index in [9.17, 15) is 4.79 Å². The zero-order valence-corrected chi connectivity index (χ0v) is 13.7. The van der Waals surface area contributed by atoms with Gasteiger partial charge in [0.25, 0.3) is 5.91 Å². The fraction of sp³-hybridized carbons (Fsp3) is 0.562. The first-order valence-electron chi connectivity index (χ1n) is 7.34. The van der Waals surface area contributed by atoms with Crippen LogP contribution in [0, 0.1) is 0 Å². The molecule has 0 spiro atoms. The van der Waals surface area contributed by atoms with Gasteiger partial charge >= 0.3 is 0 Å². The summed E-state index contributed by atoms with van der Waals surface area (Å²) in [7, 11) is 0. The molecule has 20 heavy (non-hydrogen) atoms. The molecule has 1 aliphatic carbocycles. The van der Waals surface area contributed by atoms with Crippen LogP contribution in [-0.2, 0) is 0 Å². The first-order valence-corrected chi connectivity index (χ1v) is 9.61. The maximum Gasteiger partial charge on any atom is 0.252 e. The zero-order chi connectivity index (χ0) is 14.2. The fourth-order valence-electron chi connectivity index (χ4n) is 2.55. The molecule has 1 fully saturated rings. The summed E-state index contributed by atoms with van der Waals surface area (Å²) in [5.41, 5.74) is 0.794. The van der Waals surface area contributed by atoms with Crippen molar-refractivity contribution in [2.24, 2.45) is 0 Å². The van der Waals surface area contributed by atoms with E-state index in [0.717, 1.165) is 28.0 Å². The van der Waals surface area contributed by atoms with Crippen molar-refractivity contribution >= 4 is 29.4 Å². The predicted molar refractivity (Wildman–Crippen MR) is 89.9 cm³/mol. The Kier molecular flexibility index (Phi) is 6.80. The highest BCUT2D eigenvalue weighted by molar-refractivity contribution is 7.99. The summed E-state index contributed by atoms with van der Waals surface area (Å²) in [4.78, 5) is 13.2. The molecule has 2 nitrogen and oxygen atoms in total. The number of nitrogens with one attached hydrogen (secondary N) is 1. The number of carbonyl (C=O) groups excluding carboxylic acids is 1. The van der Waals surface area contributed by atoms with Gasteiger partial charge in [-0.3, -0.25) is 4.79 Å². The Morgan fingerprint density at radius 1 is 1.25 bits per heavy atom. The van der Waals surface area contributed by atoms with Crippen LogP contribution in [0.1, 0.15) is 42.5 Å². The number of benzene rings is 1. The van der Waals surface area contributed by atoms with E-state index in [1.807, 2.05) is 42.3 Å². The Labute approximate surface area is 130 Å². The van der Waals surface area contributed by atoms with E-state index < -0.39 is 0 Å². The summed E-state index contributed by atoms with van der Waals surface area (Å²) >= 11 is 3.64. The Hall–Kier alpha value is -0.610. The second-order valence-corrected chi connectivity index (χ2v) is 7.34. The van der Waals surface area contributed by atoms with Crippen molar-refractivity contribution in [3.8, 4) is 0 Å². The monoisotopic (exact) mass is 309 g/mol. The lowest BCUT2D eigenvalue weighted by Crippen LogP contribution is -2.26. The molecule has 1 aromatic rings. The van der Waals surface area contributed by atoms with E-state index >= 15 is 0 Å². The van der Waals surface area contributed by atoms with Crippen molar-refractivity contribution in [3.63, 3.8) is 0 Å². The van der Waals surface area contributed by atoms with Crippen LogP contribution >= 0.6 is 23.5 Å². The topological polar surface area (TPSA) is 29.1 Å². The minimum atomic E-state index is 0.0548. The molecule has 0 unspecified atom stereocenters. The van der Waals surface area contributed by atoms with Crippen molar-refractivity contribution in [1.82, 2.24) is 5.32 Å². The Balaban J connectivity index is 1.72. The molecule has 0 saturated heterocycles. The molecule has 0 heterocycles.